The van der Waals surface area contributed by atoms with Crippen molar-refractivity contribution in [2.75, 3.05) is 0 Å². The molecule has 0 spiro atoms. The van der Waals surface area contributed by atoms with Crippen LogP contribution >= 0.6 is 7.60 Å². The highest BCUT2D eigenvalue weighted by molar-refractivity contribution is 7.50. The lowest BCUT2D eigenvalue weighted by molar-refractivity contribution is 0.371. The first-order valence-electron chi connectivity index (χ1n) is 8.63. The van der Waals surface area contributed by atoms with Crippen molar-refractivity contribution in [2.24, 2.45) is 0 Å². The van der Waals surface area contributed by atoms with Crippen LogP contribution in [0.3, 0.4) is 0 Å². The number of aromatic nitrogens is 3. The molecule has 0 aliphatic rings. The van der Waals surface area contributed by atoms with Gasteiger partial charge in [-0.2, -0.15) is 0 Å². The van der Waals surface area contributed by atoms with Crippen LogP contribution in [0.1, 0.15) is 22.3 Å². The van der Waals surface area contributed by atoms with E-state index in [0.717, 1.165) is 27.5 Å². The number of benzene rings is 2. The number of pyridine rings is 1. The van der Waals surface area contributed by atoms with Crippen LogP contribution in [0.2, 0.25) is 0 Å². The Kier molecular flexibility index (Phi) is 4.35. The third-order valence-corrected chi connectivity index (χ3v) is 5.60. The SMILES string of the molecule is Cc1cc2ncc3ncn(Cc4ccc(CP(=O)(O)O)cc4)c3c2cc1C. The summed E-state index contributed by atoms with van der Waals surface area (Å²) in [5.74, 6) is 0. The fraction of sp³-hybridized carbons (Fsp3) is 0.200. The lowest BCUT2D eigenvalue weighted by Gasteiger charge is -2.10. The number of fused-ring (bicyclic) bond motifs is 3. The van der Waals surface area contributed by atoms with Crippen molar-refractivity contribution >= 4 is 29.5 Å². The Morgan fingerprint density at radius 3 is 2.33 bits per heavy atom. The lowest BCUT2D eigenvalue weighted by atomic mass is 10.1. The maximum Gasteiger partial charge on any atom is 0.329 e. The fourth-order valence-electron chi connectivity index (χ4n) is 3.32. The normalized spacial score (nSPS) is 12.1. The Morgan fingerprint density at radius 1 is 0.963 bits per heavy atom. The van der Waals surface area contributed by atoms with E-state index < -0.39 is 7.60 Å². The highest BCUT2D eigenvalue weighted by Gasteiger charge is 2.14. The van der Waals surface area contributed by atoms with E-state index in [4.69, 9.17) is 9.79 Å². The van der Waals surface area contributed by atoms with Crippen LogP contribution < -0.4 is 0 Å². The molecule has 138 valence electrons. The largest absolute Gasteiger partial charge is 0.329 e. The van der Waals surface area contributed by atoms with Gasteiger partial charge in [0.1, 0.15) is 5.52 Å². The summed E-state index contributed by atoms with van der Waals surface area (Å²) >= 11 is 0. The Morgan fingerprint density at radius 2 is 1.63 bits per heavy atom. The summed E-state index contributed by atoms with van der Waals surface area (Å²) < 4.78 is 13.2. The molecule has 2 aromatic carbocycles. The van der Waals surface area contributed by atoms with Gasteiger partial charge in [0.25, 0.3) is 0 Å². The van der Waals surface area contributed by atoms with Gasteiger partial charge in [0.05, 0.1) is 29.7 Å². The van der Waals surface area contributed by atoms with Gasteiger partial charge in [-0.3, -0.25) is 9.55 Å². The topological polar surface area (TPSA) is 88.2 Å². The van der Waals surface area contributed by atoms with E-state index in [0.29, 0.717) is 12.1 Å². The number of hydrogen-bond acceptors (Lipinski definition) is 3. The smallest absolute Gasteiger partial charge is 0.325 e. The van der Waals surface area contributed by atoms with Crippen LogP contribution in [0.15, 0.2) is 48.9 Å². The first-order valence-corrected chi connectivity index (χ1v) is 10.4. The van der Waals surface area contributed by atoms with Gasteiger partial charge < -0.3 is 14.4 Å². The Hall–Kier alpha value is -2.53. The summed E-state index contributed by atoms with van der Waals surface area (Å²) in [5, 5.41) is 1.08. The molecule has 0 amide bonds. The molecule has 27 heavy (non-hydrogen) atoms. The molecule has 7 heteroatoms. The minimum absolute atomic E-state index is 0.240. The average molecular weight is 381 g/mol. The molecule has 0 radical (unpaired) electrons. The average Bonchev–Trinajstić information content (AvgIpc) is 3.00. The third-order valence-electron chi connectivity index (χ3n) is 4.82. The van der Waals surface area contributed by atoms with E-state index in [1.165, 1.54) is 11.1 Å². The molecule has 0 aliphatic carbocycles. The number of rotatable bonds is 4. The van der Waals surface area contributed by atoms with Crippen LogP contribution in [-0.2, 0) is 17.3 Å². The monoisotopic (exact) mass is 381 g/mol. The van der Waals surface area contributed by atoms with Crippen molar-refractivity contribution in [3.8, 4) is 0 Å². The Labute approximate surface area is 156 Å². The van der Waals surface area contributed by atoms with Crippen LogP contribution in [-0.4, -0.2) is 24.3 Å². The first kappa shape index (κ1) is 17.9. The van der Waals surface area contributed by atoms with Crippen LogP contribution in [0.25, 0.3) is 21.9 Å². The minimum atomic E-state index is -4.05. The van der Waals surface area contributed by atoms with Crippen molar-refractivity contribution < 1.29 is 14.4 Å². The first-order chi connectivity index (χ1) is 12.8. The van der Waals surface area contributed by atoms with E-state index in [1.807, 2.05) is 18.5 Å². The van der Waals surface area contributed by atoms with Gasteiger partial charge in [0, 0.05) is 11.9 Å². The molecule has 6 nitrogen and oxygen atoms in total. The number of nitrogens with zero attached hydrogens (tertiary/aromatic N) is 3. The van der Waals surface area contributed by atoms with E-state index in [-0.39, 0.29) is 6.16 Å². The third kappa shape index (κ3) is 3.65. The molecule has 0 saturated heterocycles. The predicted octanol–water partition coefficient (Wildman–Crippen LogP) is 3.93. The summed E-state index contributed by atoms with van der Waals surface area (Å²) in [4.78, 5) is 27.2. The van der Waals surface area contributed by atoms with Crippen molar-refractivity contribution in [3.63, 3.8) is 0 Å². The maximum atomic E-state index is 11.1. The van der Waals surface area contributed by atoms with Crippen LogP contribution in [0, 0.1) is 13.8 Å². The molecule has 4 rings (SSSR count). The predicted molar refractivity (Wildman–Crippen MR) is 106 cm³/mol. The number of hydrogen-bond donors (Lipinski definition) is 2. The van der Waals surface area contributed by atoms with E-state index in [9.17, 15) is 4.57 Å². The van der Waals surface area contributed by atoms with Gasteiger partial charge >= 0.3 is 7.60 Å². The maximum absolute atomic E-state index is 11.1. The van der Waals surface area contributed by atoms with Gasteiger partial charge in [0.15, 0.2) is 0 Å². The molecule has 2 aromatic heterocycles. The summed E-state index contributed by atoms with van der Waals surface area (Å²) in [6.45, 7) is 4.80. The summed E-state index contributed by atoms with van der Waals surface area (Å²) in [6.07, 6.45) is 3.37. The zero-order chi connectivity index (χ0) is 19.2. The van der Waals surface area contributed by atoms with Gasteiger partial charge in [-0.05, 0) is 48.2 Å². The molecular formula is C20H20N3O3P. The lowest BCUT2D eigenvalue weighted by Crippen LogP contribution is -1.99. The second kappa shape index (κ2) is 6.57. The zero-order valence-electron chi connectivity index (χ0n) is 15.1. The van der Waals surface area contributed by atoms with Crippen LogP contribution in [0.5, 0.6) is 0 Å². The van der Waals surface area contributed by atoms with Gasteiger partial charge in [-0.15, -0.1) is 0 Å². The van der Waals surface area contributed by atoms with Gasteiger partial charge in [-0.25, -0.2) is 4.98 Å². The molecule has 0 fully saturated rings. The summed E-state index contributed by atoms with van der Waals surface area (Å²) in [5.41, 5.74) is 6.93. The van der Waals surface area contributed by atoms with Crippen molar-refractivity contribution in [1.29, 1.82) is 0 Å². The van der Waals surface area contributed by atoms with Crippen molar-refractivity contribution in [2.45, 2.75) is 26.6 Å². The molecular weight excluding hydrogens is 361 g/mol. The van der Waals surface area contributed by atoms with Gasteiger partial charge in [-0.1, -0.05) is 24.3 Å². The highest BCUT2D eigenvalue weighted by atomic mass is 31.2. The molecule has 0 aliphatic heterocycles. The van der Waals surface area contributed by atoms with E-state index in [2.05, 4.69) is 40.5 Å². The molecule has 0 bridgehead atoms. The highest BCUT2D eigenvalue weighted by Crippen LogP contribution is 2.39. The van der Waals surface area contributed by atoms with Crippen LogP contribution in [0.4, 0.5) is 0 Å². The Balaban J connectivity index is 1.73. The minimum Gasteiger partial charge on any atom is -0.325 e. The standard InChI is InChI=1S/C20H20N3O3P/c1-13-7-17-18(8-14(13)2)21-9-19-20(17)23(12-22-19)10-15-3-5-16(6-4-15)11-27(24,25)26/h3-9,12H,10-11H2,1-2H3,(H2,24,25,26). The molecule has 2 N–H and O–H groups in total. The van der Waals surface area contributed by atoms with Gasteiger partial charge in [0.2, 0.25) is 0 Å². The Bertz CT molecular complexity index is 1190. The molecule has 0 unspecified atom stereocenters. The van der Waals surface area contributed by atoms with Crippen molar-refractivity contribution in [3.05, 3.63) is 71.2 Å². The molecule has 0 atom stereocenters. The van der Waals surface area contributed by atoms with Crippen molar-refractivity contribution in [1.82, 2.24) is 14.5 Å². The number of imidazole rings is 1. The molecule has 0 saturated carbocycles. The summed E-state index contributed by atoms with van der Waals surface area (Å²) in [7, 11) is -4.05. The second-order valence-corrected chi connectivity index (χ2v) is 8.60. The quantitative estimate of drug-likeness (QED) is 0.523. The van der Waals surface area contributed by atoms with E-state index in [1.54, 1.807) is 18.3 Å². The number of aryl methyl sites for hydroxylation is 2. The zero-order valence-corrected chi connectivity index (χ0v) is 16.0. The summed E-state index contributed by atoms with van der Waals surface area (Å²) in [6, 6.07) is 11.6. The fourth-order valence-corrected chi connectivity index (χ4v) is 4.00. The molecule has 4 aromatic rings. The molecule has 2 heterocycles. The second-order valence-electron chi connectivity index (χ2n) is 6.96. The van der Waals surface area contributed by atoms with E-state index >= 15 is 0 Å².